The van der Waals surface area contributed by atoms with E-state index in [0.29, 0.717) is 13.0 Å². The molecule has 0 aliphatic heterocycles. The molecule has 0 amide bonds. The zero-order valence-electron chi connectivity index (χ0n) is 10.0. The number of hydrogen-bond donors (Lipinski definition) is 2. The Balaban J connectivity index is 2.76. The zero-order valence-corrected chi connectivity index (χ0v) is 11.6. The van der Waals surface area contributed by atoms with Crippen molar-refractivity contribution in [1.29, 1.82) is 0 Å². The van der Waals surface area contributed by atoms with Crippen LogP contribution in [0, 0.1) is 5.82 Å². The standard InChI is InChI=1S/C12H18BrFN2O/c1-3-17-8(2)12(16-15)7-9-6-10(14)4-5-11(9)13/h4-6,8,12,16H,3,7,15H2,1-2H3. The van der Waals surface area contributed by atoms with Gasteiger partial charge in [-0.2, -0.15) is 0 Å². The maximum Gasteiger partial charge on any atom is 0.123 e. The fourth-order valence-corrected chi connectivity index (χ4v) is 2.08. The summed E-state index contributed by atoms with van der Waals surface area (Å²) in [4.78, 5) is 0. The molecule has 1 rings (SSSR count). The molecule has 0 fully saturated rings. The first-order valence-electron chi connectivity index (χ1n) is 5.60. The van der Waals surface area contributed by atoms with Crippen molar-refractivity contribution in [2.45, 2.75) is 32.4 Å². The third-order valence-corrected chi connectivity index (χ3v) is 3.43. The molecule has 0 spiro atoms. The third-order valence-electron chi connectivity index (χ3n) is 2.66. The lowest BCUT2D eigenvalue weighted by Crippen LogP contribution is -2.45. The summed E-state index contributed by atoms with van der Waals surface area (Å²) in [5.74, 6) is 5.25. The smallest absolute Gasteiger partial charge is 0.123 e. The molecule has 0 bridgehead atoms. The first kappa shape index (κ1) is 14.6. The Bertz CT molecular complexity index is 362. The molecule has 5 heteroatoms. The summed E-state index contributed by atoms with van der Waals surface area (Å²) in [6, 6.07) is 4.58. The number of halogens is 2. The maximum atomic E-state index is 13.1. The van der Waals surface area contributed by atoms with Gasteiger partial charge in [-0.3, -0.25) is 11.3 Å². The molecule has 2 unspecified atom stereocenters. The highest BCUT2D eigenvalue weighted by atomic mass is 79.9. The van der Waals surface area contributed by atoms with E-state index in [2.05, 4.69) is 21.4 Å². The molecule has 3 N–H and O–H groups in total. The van der Waals surface area contributed by atoms with E-state index in [-0.39, 0.29) is 18.0 Å². The molecule has 0 aromatic heterocycles. The Morgan fingerprint density at radius 1 is 1.53 bits per heavy atom. The van der Waals surface area contributed by atoms with E-state index < -0.39 is 0 Å². The molecule has 0 radical (unpaired) electrons. The van der Waals surface area contributed by atoms with Crippen LogP contribution in [-0.4, -0.2) is 18.8 Å². The van der Waals surface area contributed by atoms with Crippen molar-refractivity contribution in [3.8, 4) is 0 Å². The van der Waals surface area contributed by atoms with Gasteiger partial charge in [0.05, 0.1) is 12.1 Å². The lowest BCUT2D eigenvalue weighted by molar-refractivity contribution is 0.0476. The number of benzene rings is 1. The van der Waals surface area contributed by atoms with Gasteiger partial charge in [0, 0.05) is 11.1 Å². The summed E-state index contributed by atoms with van der Waals surface area (Å²) >= 11 is 3.40. The summed E-state index contributed by atoms with van der Waals surface area (Å²) in [5.41, 5.74) is 3.59. The minimum absolute atomic E-state index is 0.0276. The van der Waals surface area contributed by atoms with Gasteiger partial charge in [-0.1, -0.05) is 15.9 Å². The van der Waals surface area contributed by atoms with Crippen molar-refractivity contribution in [2.24, 2.45) is 5.84 Å². The van der Waals surface area contributed by atoms with E-state index in [1.807, 2.05) is 13.8 Å². The molecule has 0 aliphatic carbocycles. The molecule has 2 atom stereocenters. The van der Waals surface area contributed by atoms with Crippen LogP contribution in [0.3, 0.4) is 0 Å². The van der Waals surface area contributed by atoms with Crippen LogP contribution in [0.25, 0.3) is 0 Å². The van der Waals surface area contributed by atoms with Crippen LogP contribution in [0.1, 0.15) is 19.4 Å². The van der Waals surface area contributed by atoms with E-state index in [9.17, 15) is 4.39 Å². The minimum Gasteiger partial charge on any atom is -0.377 e. The summed E-state index contributed by atoms with van der Waals surface area (Å²) in [6.45, 7) is 4.51. The normalized spacial score (nSPS) is 14.6. The van der Waals surface area contributed by atoms with Gasteiger partial charge in [-0.25, -0.2) is 4.39 Å². The Kier molecular flexibility index (Phi) is 6.05. The molecule has 1 aromatic rings. The molecule has 17 heavy (non-hydrogen) atoms. The molecule has 0 aliphatic rings. The number of hydrazine groups is 1. The summed E-state index contributed by atoms with van der Waals surface area (Å²) in [7, 11) is 0. The van der Waals surface area contributed by atoms with Gasteiger partial charge in [0.2, 0.25) is 0 Å². The largest absolute Gasteiger partial charge is 0.377 e. The highest BCUT2D eigenvalue weighted by molar-refractivity contribution is 9.10. The predicted octanol–water partition coefficient (Wildman–Crippen LogP) is 2.39. The van der Waals surface area contributed by atoms with Gasteiger partial charge >= 0.3 is 0 Å². The monoisotopic (exact) mass is 304 g/mol. The summed E-state index contributed by atoms with van der Waals surface area (Å²) in [6.07, 6.45) is 0.580. The van der Waals surface area contributed by atoms with Crippen molar-refractivity contribution < 1.29 is 9.13 Å². The molecule has 3 nitrogen and oxygen atoms in total. The fraction of sp³-hybridized carbons (Fsp3) is 0.500. The quantitative estimate of drug-likeness (QED) is 0.627. The highest BCUT2D eigenvalue weighted by Gasteiger charge is 2.18. The molecule has 0 saturated carbocycles. The van der Waals surface area contributed by atoms with Gasteiger partial charge in [0.1, 0.15) is 5.82 Å². The van der Waals surface area contributed by atoms with Gasteiger partial charge in [-0.15, -0.1) is 0 Å². The lowest BCUT2D eigenvalue weighted by Gasteiger charge is -2.23. The molecule has 0 heterocycles. The van der Waals surface area contributed by atoms with Crippen LogP contribution >= 0.6 is 15.9 Å². The average molecular weight is 305 g/mol. The molecular formula is C12H18BrFN2O. The number of rotatable bonds is 6. The first-order chi connectivity index (χ1) is 8.08. The number of hydrogen-bond acceptors (Lipinski definition) is 3. The lowest BCUT2D eigenvalue weighted by atomic mass is 10.0. The molecule has 0 saturated heterocycles. The Morgan fingerprint density at radius 3 is 2.82 bits per heavy atom. The summed E-state index contributed by atoms with van der Waals surface area (Å²) in [5, 5.41) is 0. The number of nitrogens with one attached hydrogen (secondary N) is 1. The van der Waals surface area contributed by atoms with Crippen molar-refractivity contribution >= 4 is 15.9 Å². The van der Waals surface area contributed by atoms with E-state index >= 15 is 0 Å². The van der Waals surface area contributed by atoms with E-state index in [1.54, 1.807) is 6.07 Å². The molecule has 96 valence electrons. The number of nitrogens with two attached hydrogens (primary N) is 1. The minimum atomic E-state index is -0.247. The van der Waals surface area contributed by atoms with Crippen molar-refractivity contribution in [1.82, 2.24) is 5.43 Å². The van der Waals surface area contributed by atoms with Crippen molar-refractivity contribution in [2.75, 3.05) is 6.61 Å². The summed E-state index contributed by atoms with van der Waals surface area (Å²) < 4.78 is 19.5. The predicted molar refractivity (Wildman–Crippen MR) is 70.0 cm³/mol. The Hall–Kier alpha value is -0.490. The second-order valence-electron chi connectivity index (χ2n) is 3.87. The maximum absolute atomic E-state index is 13.1. The van der Waals surface area contributed by atoms with E-state index in [1.165, 1.54) is 12.1 Å². The first-order valence-corrected chi connectivity index (χ1v) is 6.39. The van der Waals surface area contributed by atoms with Crippen molar-refractivity contribution in [3.05, 3.63) is 34.1 Å². The Labute approximate surface area is 110 Å². The highest BCUT2D eigenvalue weighted by Crippen LogP contribution is 2.20. The fourth-order valence-electron chi connectivity index (χ4n) is 1.68. The van der Waals surface area contributed by atoms with Crippen molar-refractivity contribution in [3.63, 3.8) is 0 Å². The second-order valence-corrected chi connectivity index (χ2v) is 4.73. The average Bonchev–Trinajstić information content (AvgIpc) is 2.30. The van der Waals surface area contributed by atoms with Gasteiger partial charge in [0.25, 0.3) is 0 Å². The topological polar surface area (TPSA) is 47.3 Å². The third kappa shape index (κ3) is 4.35. The van der Waals surface area contributed by atoms with Crippen LogP contribution in [0.15, 0.2) is 22.7 Å². The molecular weight excluding hydrogens is 287 g/mol. The molecule has 1 aromatic carbocycles. The van der Waals surface area contributed by atoms with Crippen LogP contribution in [0.5, 0.6) is 0 Å². The van der Waals surface area contributed by atoms with E-state index in [0.717, 1.165) is 10.0 Å². The van der Waals surface area contributed by atoms with Gasteiger partial charge < -0.3 is 4.74 Å². The van der Waals surface area contributed by atoms with Crippen LogP contribution in [-0.2, 0) is 11.2 Å². The number of ether oxygens (including phenoxy) is 1. The SMILES string of the molecule is CCOC(C)C(Cc1cc(F)ccc1Br)NN. The Morgan fingerprint density at radius 2 is 2.24 bits per heavy atom. The van der Waals surface area contributed by atoms with Gasteiger partial charge in [-0.05, 0) is 44.0 Å². The zero-order chi connectivity index (χ0) is 12.8. The van der Waals surface area contributed by atoms with Gasteiger partial charge in [0.15, 0.2) is 0 Å². The van der Waals surface area contributed by atoms with E-state index in [4.69, 9.17) is 10.6 Å². The van der Waals surface area contributed by atoms with Crippen LogP contribution in [0.4, 0.5) is 4.39 Å². The van der Waals surface area contributed by atoms with Crippen LogP contribution in [0.2, 0.25) is 0 Å². The van der Waals surface area contributed by atoms with Crippen LogP contribution < -0.4 is 11.3 Å². The second kappa shape index (κ2) is 7.06.